The van der Waals surface area contributed by atoms with Crippen LogP contribution in [0.1, 0.15) is 37.1 Å². The van der Waals surface area contributed by atoms with Crippen LogP contribution in [0.25, 0.3) is 0 Å². The van der Waals surface area contributed by atoms with Crippen LogP contribution in [-0.4, -0.2) is 35.9 Å². The molecule has 13 heteroatoms. The van der Waals surface area contributed by atoms with E-state index in [1.807, 2.05) is 0 Å². The Hall–Kier alpha value is -2.28. The van der Waals surface area contributed by atoms with E-state index in [-0.39, 0.29) is 16.5 Å². The van der Waals surface area contributed by atoms with Crippen LogP contribution in [-0.2, 0) is 16.4 Å². The maximum absolute atomic E-state index is 13.0. The monoisotopic (exact) mass is 460 g/mol. The van der Waals surface area contributed by atoms with Crippen LogP contribution in [0.15, 0.2) is 22.4 Å². The molecule has 2 aromatic rings. The van der Waals surface area contributed by atoms with Crippen molar-refractivity contribution >= 4 is 43.7 Å². The van der Waals surface area contributed by atoms with Crippen LogP contribution in [0.3, 0.4) is 0 Å². The highest BCUT2D eigenvalue weighted by molar-refractivity contribution is 7.93. The van der Waals surface area contributed by atoms with Gasteiger partial charge in [-0.2, -0.15) is 26.0 Å². The minimum Gasteiger partial charge on any atom is -0.368 e. The zero-order valence-electron chi connectivity index (χ0n) is 16.0. The quantitative estimate of drug-likeness (QED) is 0.645. The minimum atomic E-state index is -5.60. The first-order valence-electron chi connectivity index (χ1n) is 9.39. The number of aromatic nitrogens is 2. The number of halogens is 3. The Balaban J connectivity index is 1.76. The first-order chi connectivity index (χ1) is 14.1. The highest BCUT2D eigenvalue weighted by Gasteiger charge is 2.46. The van der Waals surface area contributed by atoms with Crippen molar-refractivity contribution in [1.82, 2.24) is 9.36 Å². The molecule has 0 atom stereocenters. The third-order valence-electron chi connectivity index (χ3n) is 5.18. The maximum Gasteiger partial charge on any atom is 0.516 e. The lowest BCUT2D eigenvalue weighted by Crippen LogP contribution is -2.43. The molecule has 0 amide bonds. The van der Waals surface area contributed by atoms with Gasteiger partial charge in [-0.25, -0.2) is 4.98 Å². The van der Waals surface area contributed by atoms with Crippen molar-refractivity contribution in [1.29, 1.82) is 0 Å². The summed E-state index contributed by atoms with van der Waals surface area (Å²) in [5, 5.41) is 8.14. The van der Waals surface area contributed by atoms with Crippen LogP contribution in [0.5, 0.6) is 0 Å². The third-order valence-corrected chi connectivity index (χ3v) is 6.97. The zero-order valence-corrected chi connectivity index (χ0v) is 17.6. The number of hydrogen-bond donors (Lipinski definition) is 1. The van der Waals surface area contributed by atoms with Crippen LogP contribution in [0.4, 0.5) is 35.4 Å². The Morgan fingerprint density at radius 2 is 2.00 bits per heavy atom. The van der Waals surface area contributed by atoms with Crippen molar-refractivity contribution in [3.05, 3.63) is 23.5 Å². The van der Waals surface area contributed by atoms with Crippen LogP contribution < -0.4 is 9.62 Å². The molecular formula is C17H19F3N6O2S2. The van der Waals surface area contributed by atoms with Gasteiger partial charge in [0, 0.05) is 29.8 Å². The number of azo groups is 1. The Morgan fingerprint density at radius 1 is 1.23 bits per heavy atom. The molecule has 0 bridgehead atoms. The van der Waals surface area contributed by atoms with Crippen molar-refractivity contribution in [3.8, 4) is 0 Å². The number of nitrogens with one attached hydrogen (secondary N) is 1. The molecule has 1 saturated carbocycles. The topological polar surface area (TPSA) is 99.9 Å². The largest absolute Gasteiger partial charge is 0.516 e. The van der Waals surface area contributed by atoms with Gasteiger partial charge in [-0.15, -0.1) is 10.2 Å². The lowest BCUT2D eigenvalue weighted by atomic mass is 9.88. The number of fused-ring (bicyclic) bond motifs is 1. The molecule has 0 unspecified atom stereocenters. The molecule has 1 aromatic heterocycles. The minimum absolute atomic E-state index is 0.00453. The average Bonchev–Trinajstić information content (AvgIpc) is 3.03. The van der Waals surface area contributed by atoms with Gasteiger partial charge in [0.2, 0.25) is 5.13 Å². The van der Waals surface area contributed by atoms with Crippen molar-refractivity contribution in [2.75, 3.05) is 16.2 Å². The molecule has 0 spiro atoms. The number of hydrogen-bond acceptors (Lipinski definition) is 8. The number of nitrogens with zero attached hydrogens (tertiary/aromatic N) is 5. The first kappa shape index (κ1) is 21.0. The van der Waals surface area contributed by atoms with Crippen molar-refractivity contribution in [3.63, 3.8) is 0 Å². The van der Waals surface area contributed by atoms with E-state index in [9.17, 15) is 21.6 Å². The second kappa shape index (κ2) is 7.76. The zero-order chi connectivity index (χ0) is 21.5. The number of rotatable bonds is 5. The van der Waals surface area contributed by atoms with E-state index in [1.54, 1.807) is 17.7 Å². The second-order valence-electron chi connectivity index (χ2n) is 7.26. The van der Waals surface area contributed by atoms with E-state index in [0.717, 1.165) is 61.4 Å². The van der Waals surface area contributed by atoms with Crippen molar-refractivity contribution < 1.29 is 21.6 Å². The molecule has 1 aromatic carbocycles. The Labute approximate surface area is 175 Å². The van der Waals surface area contributed by atoms with Crippen molar-refractivity contribution in [2.24, 2.45) is 10.2 Å². The fourth-order valence-corrected chi connectivity index (χ4v) is 4.59. The lowest BCUT2D eigenvalue weighted by Gasteiger charge is -2.42. The van der Waals surface area contributed by atoms with Gasteiger partial charge >= 0.3 is 15.5 Å². The maximum atomic E-state index is 13.0. The number of alkyl halides is 3. The molecule has 1 fully saturated rings. The first-order valence-corrected chi connectivity index (χ1v) is 11.6. The molecule has 162 valence electrons. The summed E-state index contributed by atoms with van der Waals surface area (Å²) in [6.07, 6.45) is 4.77. The molecule has 0 radical (unpaired) electrons. The highest BCUT2D eigenvalue weighted by Crippen LogP contribution is 2.42. The summed E-state index contributed by atoms with van der Waals surface area (Å²) < 4.78 is 68.1. The highest BCUT2D eigenvalue weighted by atomic mass is 32.2. The van der Waals surface area contributed by atoms with E-state index in [1.165, 1.54) is 6.07 Å². The Kier molecular flexibility index (Phi) is 5.43. The molecule has 8 nitrogen and oxygen atoms in total. The van der Waals surface area contributed by atoms with Crippen LogP contribution >= 0.6 is 11.5 Å². The number of anilines is 2. The Bertz CT molecular complexity index is 1080. The predicted octanol–water partition coefficient (Wildman–Crippen LogP) is 4.83. The summed E-state index contributed by atoms with van der Waals surface area (Å²) in [7, 11) is -5.60. The molecule has 2 aliphatic rings. The summed E-state index contributed by atoms with van der Waals surface area (Å²) in [4.78, 5) is 6.19. The van der Waals surface area contributed by atoms with E-state index in [2.05, 4.69) is 24.5 Å². The van der Waals surface area contributed by atoms with E-state index in [4.69, 9.17) is 0 Å². The molecule has 1 aliphatic heterocycles. The Morgan fingerprint density at radius 3 is 2.60 bits per heavy atom. The molecule has 4 rings (SSSR count). The molecule has 0 saturated heterocycles. The molecule has 1 N–H and O–H groups in total. The van der Waals surface area contributed by atoms with Gasteiger partial charge in [-0.1, -0.05) is 0 Å². The summed E-state index contributed by atoms with van der Waals surface area (Å²) in [6.45, 7) is 2.46. The summed E-state index contributed by atoms with van der Waals surface area (Å²) >= 11 is 0.987. The molecular weight excluding hydrogens is 441 g/mol. The number of benzene rings is 1. The number of sulfonamides is 1. The van der Waals surface area contributed by atoms with Crippen molar-refractivity contribution in [2.45, 2.75) is 50.6 Å². The van der Waals surface area contributed by atoms with Gasteiger partial charge in [0.15, 0.2) is 0 Å². The SMILES string of the molecule is Cc1nsc(N=Nc2cc3c(cc2NS(=O)(=O)C(F)(F)F)N(C2CCC2)CCC3)n1. The van der Waals surface area contributed by atoms with Gasteiger partial charge in [-0.3, -0.25) is 4.72 Å². The average molecular weight is 461 g/mol. The predicted molar refractivity (Wildman–Crippen MR) is 107 cm³/mol. The molecule has 1 aliphatic carbocycles. The normalized spacial score (nSPS) is 17.8. The van der Waals surface area contributed by atoms with Gasteiger partial charge in [0.05, 0.1) is 5.69 Å². The fraction of sp³-hybridized carbons (Fsp3) is 0.529. The summed E-state index contributed by atoms with van der Waals surface area (Å²) in [5.41, 5.74) is -4.05. The fourth-order valence-electron chi connectivity index (χ4n) is 3.52. The third kappa shape index (κ3) is 4.13. The van der Waals surface area contributed by atoms with Gasteiger partial charge in [0.1, 0.15) is 11.5 Å². The standard InChI is InChI=1S/C17H19F3N6O2S2/c1-10-21-16(29-24-10)23-22-13-8-11-4-3-7-26(12-5-2-6-12)15(11)9-14(13)25-30(27,28)17(18,19)20/h8-9,12,25H,2-7H2,1H3. The number of aryl methyl sites for hydroxylation is 2. The van der Waals surface area contributed by atoms with Gasteiger partial charge < -0.3 is 4.90 Å². The summed E-state index contributed by atoms with van der Waals surface area (Å²) in [5.74, 6) is 0.494. The van der Waals surface area contributed by atoms with E-state index in [0.29, 0.717) is 11.9 Å². The van der Waals surface area contributed by atoms with E-state index < -0.39 is 15.5 Å². The summed E-state index contributed by atoms with van der Waals surface area (Å²) in [6, 6.07) is 3.37. The van der Waals surface area contributed by atoms with E-state index >= 15 is 0 Å². The van der Waals surface area contributed by atoms with Crippen LogP contribution in [0, 0.1) is 6.92 Å². The molecule has 2 heterocycles. The van der Waals surface area contributed by atoms with Crippen LogP contribution in [0.2, 0.25) is 0 Å². The molecule has 30 heavy (non-hydrogen) atoms. The van der Waals surface area contributed by atoms with Gasteiger partial charge in [0.25, 0.3) is 0 Å². The smallest absolute Gasteiger partial charge is 0.368 e. The second-order valence-corrected chi connectivity index (χ2v) is 9.66. The lowest BCUT2D eigenvalue weighted by molar-refractivity contribution is -0.0429. The van der Waals surface area contributed by atoms with Gasteiger partial charge in [-0.05, 0) is 56.7 Å².